The van der Waals surface area contributed by atoms with E-state index in [0.29, 0.717) is 5.56 Å². The molecule has 2 aromatic carbocycles. The van der Waals surface area contributed by atoms with E-state index < -0.39 is 22.1 Å². The number of hydrogen-bond acceptors (Lipinski definition) is 6. The second kappa shape index (κ2) is 8.12. The van der Waals surface area contributed by atoms with Crippen LogP contribution in [0.4, 0.5) is 0 Å². The van der Waals surface area contributed by atoms with E-state index in [2.05, 4.69) is 0 Å². The first-order chi connectivity index (χ1) is 13.0. The third-order valence-corrected chi connectivity index (χ3v) is 5.40. The van der Waals surface area contributed by atoms with Crippen molar-refractivity contribution in [2.45, 2.75) is 38.7 Å². The summed E-state index contributed by atoms with van der Waals surface area (Å²) in [4.78, 5) is 24.8. The van der Waals surface area contributed by atoms with Crippen LogP contribution in [0.5, 0.6) is 5.75 Å². The summed E-state index contributed by atoms with van der Waals surface area (Å²) in [7, 11) is -2.82. The number of Topliss-reactive ketones (excluding diaryl/α,β-unsaturated/α-hetero) is 1. The summed E-state index contributed by atoms with van der Waals surface area (Å²) >= 11 is 0. The first-order valence-electron chi connectivity index (χ1n) is 8.49. The fourth-order valence-corrected chi connectivity index (χ4v) is 3.48. The van der Waals surface area contributed by atoms with E-state index in [9.17, 15) is 18.0 Å². The van der Waals surface area contributed by atoms with Crippen molar-refractivity contribution in [1.29, 1.82) is 0 Å². The van der Waals surface area contributed by atoms with E-state index in [4.69, 9.17) is 14.6 Å². The molecule has 2 rings (SSSR count). The summed E-state index contributed by atoms with van der Waals surface area (Å²) in [5.41, 5.74) is 3.23. The molecule has 0 aliphatic carbocycles. The highest BCUT2D eigenvalue weighted by molar-refractivity contribution is 7.89. The molecule has 28 heavy (non-hydrogen) atoms. The van der Waals surface area contributed by atoms with Crippen molar-refractivity contribution < 1.29 is 27.5 Å². The largest absolute Gasteiger partial charge is 0.495 e. The fourth-order valence-electron chi connectivity index (χ4n) is 2.75. The lowest BCUT2D eigenvalue weighted by atomic mass is 9.96. The molecule has 0 saturated carbocycles. The van der Waals surface area contributed by atoms with Gasteiger partial charge in [0.1, 0.15) is 10.6 Å². The van der Waals surface area contributed by atoms with Gasteiger partial charge in [-0.05, 0) is 68.7 Å². The molecule has 0 aliphatic heterocycles. The Hall–Kier alpha value is -2.71. The van der Waals surface area contributed by atoms with Gasteiger partial charge in [0.05, 0.1) is 12.7 Å². The molecular formula is C20H23NO6S. The van der Waals surface area contributed by atoms with Crippen LogP contribution in [0.15, 0.2) is 35.2 Å². The molecule has 1 atom stereocenters. The van der Waals surface area contributed by atoms with Gasteiger partial charge in [-0.25, -0.2) is 18.4 Å². The maximum absolute atomic E-state index is 12.7. The first-order valence-corrected chi connectivity index (χ1v) is 10.0. The smallest absolute Gasteiger partial charge is 0.338 e. The monoisotopic (exact) mass is 405 g/mol. The second-order valence-electron chi connectivity index (χ2n) is 6.57. The molecular weight excluding hydrogens is 382 g/mol. The van der Waals surface area contributed by atoms with Crippen molar-refractivity contribution in [2.75, 3.05) is 7.11 Å². The summed E-state index contributed by atoms with van der Waals surface area (Å²) in [6.07, 6.45) is -1.05. The van der Waals surface area contributed by atoms with E-state index in [1.54, 1.807) is 6.07 Å². The molecule has 0 spiro atoms. The topological polar surface area (TPSA) is 113 Å². The van der Waals surface area contributed by atoms with E-state index in [1.807, 2.05) is 26.8 Å². The number of carbonyl (C=O) groups excluding carboxylic acids is 2. The number of rotatable bonds is 6. The third kappa shape index (κ3) is 4.58. The maximum Gasteiger partial charge on any atom is 0.338 e. The van der Waals surface area contributed by atoms with Gasteiger partial charge in [-0.1, -0.05) is 6.07 Å². The summed E-state index contributed by atoms with van der Waals surface area (Å²) < 4.78 is 33.6. The Labute approximate surface area is 164 Å². The van der Waals surface area contributed by atoms with Crippen molar-refractivity contribution in [3.05, 3.63) is 58.1 Å². The molecule has 0 fully saturated rings. The van der Waals surface area contributed by atoms with Gasteiger partial charge in [0.2, 0.25) is 15.8 Å². The summed E-state index contributed by atoms with van der Waals surface area (Å²) in [6, 6.07) is 7.38. The molecule has 8 heteroatoms. The van der Waals surface area contributed by atoms with Gasteiger partial charge in [-0.15, -0.1) is 0 Å². The van der Waals surface area contributed by atoms with Gasteiger partial charge < -0.3 is 9.47 Å². The molecule has 0 aromatic heterocycles. The van der Waals surface area contributed by atoms with Crippen molar-refractivity contribution in [2.24, 2.45) is 5.14 Å². The second-order valence-corrected chi connectivity index (χ2v) is 8.10. The maximum atomic E-state index is 12.7. The zero-order valence-electron chi connectivity index (χ0n) is 16.4. The molecule has 0 amide bonds. The number of esters is 1. The molecule has 1 unspecified atom stereocenters. The lowest BCUT2D eigenvalue weighted by Gasteiger charge is -2.16. The van der Waals surface area contributed by atoms with Gasteiger partial charge in [-0.3, -0.25) is 4.79 Å². The molecule has 150 valence electrons. The number of ether oxygens (including phenoxy) is 2. The number of carbonyl (C=O) groups is 2. The van der Waals surface area contributed by atoms with Crippen LogP contribution >= 0.6 is 0 Å². The number of hydrogen-bond donors (Lipinski definition) is 1. The predicted molar refractivity (Wildman–Crippen MR) is 104 cm³/mol. The van der Waals surface area contributed by atoms with Crippen LogP contribution in [0.2, 0.25) is 0 Å². The lowest BCUT2D eigenvalue weighted by Crippen LogP contribution is -2.25. The van der Waals surface area contributed by atoms with E-state index in [0.717, 1.165) is 22.8 Å². The number of nitrogens with two attached hydrogens (primary N) is 1. The van der Waals surface area contributed by atoms with E-state index in [1.165, 1.54) is 26.2 Å². The third-order valence-electron chi connectivity index (χ3n) is 4.47. The predicted octanol–water partition coefficient (Wildman–Crippen LogP) is 2.70. The summed E-state index contributed by atoms with van der Waals surface area (Å²) in [6.45, 7) is 7.14. The first kappa shape index (κ1) is 21.6. The molecule has 0 saturated heterocycles. The Kier molecular flexibility index (Phi) is 6.26. The average molecular weight is 405 g/mol. The number of primary sulfonamides is 1. The van der Waals surface area contributed by atoms with Crippen LogP contribution in [0.3, 0.4) is 0 Å². The van der Waals surface area contributed by atoms with Crippen LogP contribution in [-0.2, 0) is 14.8 Å². The molecule has 0 radical (unpaired) electrons. The lowest BCUT2D eigenvalue weighted by molar-refractivity contribution is 0.0318. The number of aryl methyl sites for hydroxylation is 3. The minimum absolute atomic E-state index is 0.00827. The number of sulfonamides is 1. The van der Waals surface area contributed by atoms with Crippen molar-refractivity contribution in [3.8, 4) is 5.75 Å². The van der Waals surface area contributed by atoms with Crippen LogP contribution < -0.4 is 9.88 Å². The molecule has 0 heterocycles. The van der Waals surface area contributed by atoms with Gasteiger partial charge in [0.25, 0.3) is 0 Å². The fraction of sp³-hybridized carbons (Fsp3) is 0.300. The van der Waals surface area contributed by atoms with Crippen LogP contribution in [0.25, 0.3) is 0 Å². The van der Waals surface area contributed by atoms with Gasteiger partial charge >= 0.3 is 5.97 Å². The van der Waals surface area contributed by atoms with Gasteiger partial charge in [0.15, 0.2) is 6.10 Å². The Morgan fingerprint density at radius 2 is 1.61 bits per heavy atom. The standard InChI is InChI=1S/C20H23NO6S/c1-11-8-13(3)16(9-12(11)2)19(22)14(4)27-20(23)15-6-7-17(26-5)18(10-15)28(21,24)25/h6-10,14H,1-5H3,(H2,21,24,25). The highest BCUT2D eigenvalue weighted by Crippen LogP contribution is 2.25. The Bertz CT molecular complexity index is 1040. The van der Waals surface area contributed by atoms with Crippen LogP contribution in [0, 0.1) is 20.8 Å². The highest BCUT2D eigenvalue weighted by Gasteiger charge is 2.24. The number of methoxy groups -OCH3 is 1. The van der Waals surface area contributed by atoms with E-state index in [-0.39, 0.29) is 22.0 Å². The molecule has 2 N–H and O–H groups in total. The zero-order chi connectivity index (χ0) is 21.2. The SMILES string of the molecule is COc1ccc(C(=O)OC(C)C(=O)c2cc(C)c(C)cc2C)cc1S(N)(=O)=O. The Balaban J connectivity index is 2.28. The molecule has 7 nitrogen and oxygen atoms in total. The normalized spacial score (nSPS) is 12.4. The number of benzene rings is 2. The van der Waals surface area contributed by atoms with E-state index >= 15 is 0 Å². The van der Waals surface area contributed by atoms with Crippen molar-refractivity contribution in [3.63, 3.8) is 0 Å². The molecule has 0 aliphatic rings. The Morgan fingerprint density at radius 3 is 2.18 bits per heavy atom. The zero-order valence-corrected chi connectivity index (χ0v) is 17.2. The highest BCUT2D eigenvalue weighted by atomic mass is 32.2. The summed E-state index contributed by atoms with van der Waals surface area (Å²) in [5, 5.41) is 5.16. The van der Waals surface area contributed by atoms with Gasteiger partial charge in [0, 0.05) is 5.56 Å². The Morgan fingerprint density at radius 1 is 1.00 bits per heavy atom. The quantitative estimate of drug-likeness (QED) is 0.584. The van der Waals surface area contributed by atoms with Crippen LogP contribution in [-0.4, -0.2) is 33.4 Å². The average Bonchev–Trinajstić information content (AvgIpc) is 2.62. The van der Waals surface area contributed by atoms with Crippen molar-refractivity contribution in [1.82, 2.24) is 0 Å². The molecule has 0 bridgehead atoms. The van der Waals surface area contributed by atoms with Gasteiger partial charge in [-0.2, -0.15) is 0 Å². The molecule has 2 aromatic rings. The minimum Gasteiger partial charge on any atom is -0.495 e. The summed E-state index contributed by atoms with van der Waals surface area (Å²) in [5.74, 6) is -1.17. The minimum atomic E-state index is -4.10. The number of ketones is 1. The van der Waals surface area contributed by atoms with Crippen LogP contribution in [0.1, 0.15) is 44.3 Å². The van der Waals surface area contributed by atoms with Crippen molar-refractivity contribution >= 4 is 21.8 Å².